The number of piperidine rings is 1. The van der Waals surface area contributed by atoms with Crippen molar-refractivity contribution < 1.29 is 14.3 Å². The summed E-state index contributed by atoms with van der Waals surface area (Å²) in [5.74, 6) is 3.04. The minimum atomic E-state index is 0.290. The van der Waals surface area contributed by atoms with Gasteiger partial charge in [0.05, 0.1) is 19.8 Å². The summed E-state index contributed by atoms with van der Waals surface area (Å²) in [5.41, 5.74) is 0. The van der Waals surface area contributed by atoms with Crippen molar-refractivity contribution >= 4 is 11.9 Å². The molecule has 0 aromatic carbocycles. The summed E-state index contributed by atoms with van der Waals surface area (Å²) in [4.78, 5) is 23.9. The molecule has 1 N–H and O–H groups in total. The number of amides is 1. The number of hydrogen-bond acceptors (Lipinski definition) is 5. The van der Waals surface area contributed by atoms with Gasteiger partial charge in [-0.25, -0.2) is 0 Å². The molecule has 8 nitrogen and oxygen atoms in total. The maximum Gasteiger partial charge on any atom is 0.236 e. The second-order valence-corrected chi connectivity index (χ2v) is 9.64. The Hall–Kier alpha value is -1.38. The van der Waals surface area contributed by atoms with Gasteiger partial charge in [0.25, 0.3) is 0 Å². The lowest BCUT2D eigenvalue weighted by atomic mass is 9.92. The molecule has 3 aliphatic heterocycles. The lowest BCUT2D eigenvalue weighted by Crippen LogP contribution is -2.55. The summed E-state index contributed by atoms with van der Waals surface area (Å²) in [6.07, 6.45) is 3.32. The van der Waals surface area contributed by atoms with E-state index in [0.29, 0.717) is 30.2 Å². The van der Waals surface area contributed by atoms with E-state index in [-0.39, 0.29) is 0 Å². The van der Waals surface area contributed by atoms with Crippen LogP contribution in [0.5, 0.6) is 0 Å². The average molecular weight is 438 g/mol. The van der Waals surface area contributed by atoms with Crippen molar-refractivity contribution in [2.75, 3.05) is 85.8 Å². The molecule has 0 spiro atoms. The summed E-state index contributed by atoms with van der Waals surface area (Å²) in [7, 11) is 1.84. The minimum Gasteiger partial charge on any atom is -0.381 e. The van der Waals surface area contributed by atoms with Crippen molar-refractivity contribution in [2.24, 2.45) is 22.7 Å². The van der Waals surface area contributed by atoms with E-state index in [1.165, 1.54) is 6.42 Å². The fraction of sp³-hybridized carbons (Fsp3) is 0.913. The smallest absolute Gasteiger partial charge is 0.236 e. The maximum absolute atomic E-state index is 12.8. The number of hydrogen-bond donors (Lipinski definition) is 1. The molecular weight excluding hydrogens is 394 g/mol. The van der Waals surface area contributed by atoms with E-state index in [9.17, 15) is 4.79 Å². The third kappa shape index (κ3) is 7.91. The second-order valence-electron chi connectivity index (χ2n) is 9.64. The maximum atomic E-state index is 12.8. The molecule has 3 unspecified atom stereocenters. The first-order valence-electron chi connectivity index (χ1n) is 12.2. The Labute approximate surface area is 188 Å². The Morgan fingerprint density at radius 2 is 1.87 bits per heavy atom. The largest absolute Gasteiger partial charge is 0.381 e. The van der Waals surface area contributed by atoms with Crippen LogP contribution in [-0.4, -0.2) is 112 Å². The molecule has 0 aromatic heterocycles. The van der Waals surface area contributed by atoms with Crippen molar-refractivity contribution in [1.82, 2.24) is 20.0 Å². The van der Waals surface area contributed by atoms with Crippen LogP contribution in [0.2, 0.25) is 0 Å². The van der Waals surface area contributed by atoms with Gasteiger partial charge in [-0.3, -0.25) is 14.7 Å². The number of guanidine groups is 1. The fourth-order valence-electron chi connectivity index (χ4n) is 4.95. The van der Waals surface area contributed by atoms with Crippen LogP contribution >= 0.6 is 0 Å². The Morgan fingerprint density at radius 3 is 2.52 bits per heavy atom. The van der Waals surface area contributed by atoms with Crippen molar-refractivity contribution in [3.8, 4) is 0 Å². The van der Waals surface area contributed by atoms with Gasteiger partial charge in [0.1, 0.15) is 0 Å². The van der Waals surface area contributed by atoms with E-state index in [0.717, 1.165) is 91.0 Å². The van der Waals surface area contributed by atoms with Crippen LogP contribution in [-0.2, 0) is 14.3 Å². The molecule has 1 amide bonds. The number of ether oxygens (including phenoxy) is 2. The number of likely N-dealkylation sites (tertiary alicyclic amines) is 1. The molecule has 3 fully saturated rings. The highest BCUT2D eigenvalue weighted by Gasteiger charge is 2.28. The average Bonchev–Trinajstić information content (AvgIpc) is 3.27. The number of aliphatic imine (C=N–C) groups is 1. The fourth-order valence-corrected chi connectivity index (χ4v) is 4.95. The summed E-state index contributed by atoms with van der Waals surface area (Å²) >= 11 is 0. The number of carbonyl (C=O) groups is 1. The molecule has 3 aliphatic rings. The van der Waals surface area contributed by atoms with Crippen molar-refractivity contribution in [1.29, 1.82) is 0 Å². The number of nitrogens with zero attached hydrogens (tertiary/aromatic N) is 4. The highest BCUT2D eigenvalue weighted by atomic mass is 16.5. The van der Waals surface area contributed by atoms with Crippen molar-refractivity contribution in [3.05, 3.63) is 0 Å². The first kappa shape index (κ1) is 24.3. The Bertz CT molecular complexity index is 564. The molecule has 0 aliphatic carbocycles. The Kier molecular flexibility index (Phi) is 9.87. The number of rotatable bonds is 8. The summed E-state index contributed by atoms with van der Waals surface area (Å²) in [5, 5.41) is 3.46. The highest BCUT2D eigenvalue weighted by molar-refractivity contribution is 5.80. The van der Waals surface area contributed by atoms with Gasteiger partial charge < -0.3 is 24.6 Å². The van der Waals surface area contributed by atoms with Crippen LogP contribution in [0.1, 0.15) is 33.1 Å². The zero-order chi connectivity index (χ0) is 22.1. The molecule has 178 valence electrons. The monoisotopic (exact) mass is 437 g/mol. The van der Waals surface area contributed by atoms with Crippen LogP contribution in [0.15, 0.2) is 4.99 Å². The quantitative estimate of drug-likeness (QED) is 0.349. The predicted molar refractivity (Wildman–Crippen MR) is 123 cm³/mol. The molecular formula is C23H43N5O3. The standard InChI is InChI=1S/C23H43N5O3/c1-19-13-20(2)15-28(14-19)22(29)16-26-7-9-27(10-8-26)23(24-3)25-6-4-11-30-17-21-5-12-31-18-21/h19-21H,4-18H2,1-3H3,(H,24,25). The second kappa shape index (κ2) is 12.6. The highest BCUT2D eigenvalue weighted by Crippen LogP contribution is 2.21. The third-order valence-electron chi connectivity index (χ3n) is 6.59. The van der Waals surface area contributed by atoms with Crippen molar-refractivity contribution in [3.63, 3.8) is 0 Å². The van der Waals surface area contributed by atoms with Crippen LogP contribution in [0.3, 0.4) is 0 Å². The van der Waals surface area contributed by atoms with Gasteiger partial charge in [0, 0.05) is 72.0 Å². The van der Waals surface area contributed by atoms with Crippen molar-refractivity contribution in [2.45, 2.75) is 33.1 Å². The zero-order valence-electron chi connectivity index (χ0n) is 19.9. The van der Waals surface area contributed by atoms with Gasteiger partial charge in [-0.2, -0.15) is 0 Å². The van der Waals surface area contributed by atoms with E-state index >= 15 is 0 Å². The van der Waals surface area contributed by atoms with E-state index in [1.807, 2.05) is 7.05 Å². The van der Waals surface area contributed by atoms with E-state index in [4.69, 9.17) is 9.47 Å². The minimum absolute atomic E-state index is 0.290. The molecule has 31 heavy (non-hydrogen) atoms. The first-order chi connectivity index (χ1) is 15.0. The van der Waals surface area contributed by atoms with Gasteiger partial charge in [-0.05, 0) is 31.1 Å². The zero-order valence-corrected chi connectivity index (χ0v) is 19.9. The molecule has 8 heteroatoms. The van der Waals surface area contributed by atoms with E-state index in [1.54, 1.807) is 0 Å². The topological polar surface area (TPSA) is 69.6 Å². The molecule has 0 saturated carbocycles. The van der Waals surface area contributed by atoms with Gasteiger partial charge in [0.2, 0.25) is 5.91 Å². The first-order valence-corrected chi connectivity index (χ1v) is 12.2. The van der Waals surface area contributed by atoms with Gasteiger partial charge in [-0.15, -0.1) is 0 Å². The van der Waals surface area contributed by atoms with Crippen LogP contribution in [0.4, 0.5) is 0 Å². The van der Waals surface area contributed by atoms with E-state index in [2.05, 4.69) is 38.9 Å². The predicted octanol–water partition coefficient (Wildman–Crippen LogP) is 1.13. The number of nitrogens with one attached hydrogen (secondary N) is 1. The summed E-state index contributed by atoms with van der Waals surface area (Å²) < 4.78 is 11.2. The molecule has 0 bridgehead atoms. The molecule has 0 aromatic rings. The van der Waals surface area contributed by atoms with Gasteiger partial charge >= 0.3 is 0 Å². The van der Waals surface area contributed by atoms with Gasteiger partial charge in [-0.1, -0.05) is 13.8 Å². The molecule has 0 radical (unpaired) electrons. The molecule has 3 atom stereocenters. The Morgan fingerprint density at radius 1 is 1.13 bits per heavy atom. The SMILES string of the molecule is CN=C(NCCCOCC1CCOC1)N1CCN(CC(=O)N2CC(C)CC(C)C2)CC1. The van der Waals surface area contributed by atoms with Crippen LogP contribution < -0.4 is 5.32 Å². The summed E-state index contributed by atoms with van der Waals surface area (Å²) in [6, 6.07) is 0. The summed E-state index contributed by atoms with van der Waals surface area (Å²) in [6.45, 7) is 14.6. The number of carbonyl (C=O) groups excluding carboxylic acids is 1. The van der Waals surface area contributed by atoms with Crippen LogP contribution in [0, 0.1) is 17.8 Å². The Balaban J connectivity index is 1.29. The normalized spacial score (nSPS) is 28.2. The number of piperazine rings is 1. The molecule has 3 heterocycles. The van der Waals surface area contributed by atoms with Gasteiger partial charge in [0.15, 0.2) is 5.96 Å². The molecule has 3 saturated heterocycles. The molecule has 3 rings (SSSR count). The third-order valence-corrected chi connectivity index (χ3v) is 6.59. The van der Waals surface area contributed by atoms with E-state index < -0.39 is 0 Å². The van der Waals surface area contributed by atoms with Crippen LogP contribution in [0.25, 0.3) is 0 Å². The lowest BCUT2D eigenvalue weighted by molar-refractivity contribution is -0.135. The lowest BCUT2D eigenvalue weighted by Gasteiger charge is -2.39.